The number of halogens is 1. The van der Waals surface area contributed by atoms with Crippen LogP contribution in [0.2, 0.25) is 0 Å². The van der Waals surface area contributed by atoms with Gasteiger partial charge in [-0.25, -0.2) is 18.4 Å². The number of benzene rings is 1. The number of aromatic nitrogens is 4. The molecule has 13 heteroatoms. The molecule has 2 unspecified atom stereocenters. The lowest BCUT2D eigenvalue weighted by Crippen LogP contribution is -2.45. The Bertz CT molecular complexity index is 1770. The molecular weight excluding hydrogens is 577 g/mol. The van der Waals surface area contributed by atoms with Gasteiger partial charge in [0.25, 0.3) is 5.56 Å². The molecule has 1 aromatic carbocycles. The highest BCUT2D eigenvalue weighted by atomic mass is 32.1. The number of thiophene rings is 1. The third-order valence-corrected chi connectivity index (χ3v) is 9.83. The maximum absolute atomic E-state index is 14.7. The third kappa shape index (κ3) is 5.30. The molecule has 4 aromatic rings. The summed E-state index contributed by atoms with van der Waals surface area (Å²) in [5, 5.41) is 15.4. The number of aliphatic hydroxyl groups is 1. The first-order chi connectivity index (χ1) is 20.7. The van der Waals surface area contributed by atoms with Crippen molar-refractivity contribution in [1.82, 2.24) is 23.8 Å². The largest absolute Gasteiger partial charge is 0.496 e. The van der Waals surface area contributed by atoms with Gasteiger partial charge in [0, 0.05) is 37.1 Å². The van der Waals surface area contributed by atoms with Crippen LogP contribution < -0.4 is 16.0 Å². The van der Waals surface area contributed by atoms with Gasteiger partial charge < -0.3 is 19.5 Å². The maximum atomic E-state index is 14.7. The average molecular weight is 612 g/mol. The standard InChI is InChI=1S/C30H34FN5O6S/c1-17-25-27(39)36(22-11-14-33(2)26(22)38)30(40)34(29(25)43-28(17)35-13-4-12-32-35)16-24(42-20-8-6-19(37)7-9-20)21-15-18(31)5-10-23(21)41-3/h4-5,10,12-13,15,19-20,22,24,37H,6-9,11,14,16H2,1-3H3. The Hall–Kier alpha value is -3.81. The van der Waals surface area contributed by atoms with E-state index in [0.29, 0.717) is 70.7 Å². The number of hydrogen-bond donors (Lipinski definition) is 1. The molecule has 1 saturated heterocycles. The topological polar surface area (TPSA) is 121 Å². The van der Waals surface area contributed by atoms with Gasteiger partial charge in [-0.2, -0.15) is 5.10 Å². The number of rotatable bonds is 8. The summed E-state index contributed by atoms with van der Waals surface area (Å²) in [6.45, 7) is 2.16. The predicted octanol–water partition coefficient (Wildman–Crippen LogP) is 3.33. The van der Waals surface area contributed by atoms with Gasteiger partial charge in [0.2, 0.25) is 5.91 Å². The molecule has 4 heterocycles. The Morgan fingerprint density at radius 3 is 2.58 bits per heavy atom. The van der Waals surface area contributed by atoms with E-state index in [2.05, 4.69) is 5.10 Å². The van der Waals surface area contributed by atoms with Crippen LogP contribution in [-0.2, 0) is 16.1 Å². The molecule has 0 radical (unpaired) electrons. The fourth-order valence-corrected chi connectivity index (χ4v) is 7.44. The van der Waals surface area contributed by atoms with E-state index in [1.807, 2.05) is 0 Å². The number of likely N-dealkylation sites (tertiary alicyclic amines) is 1. The molecular formula is C30H34FN5O6S. The second-order valence-corrected chi connectivity index (χ2v) is 12.2. The quantitative estimate of drug-likeness (QED) is 0.325. The van der Waals surface area contributed by atoms with Crippen LogP contribution in [0.3, 0.4) is 0 Å². The van der Waals surface area contributed by atoms with E-state index in [1.54, 1.807) is 37.1 Å². The van der Waals surface area contributed by atoms with Crippen molar-refractivity contribution in [3.8, 4) is 10.8 Å². The lowest BCUT2D eigenvalue weighted by Gasteiger charge is -2.31. The summed E-state index contributed by atoms with van der Waals surface area (Å²) in [4.78, 5) is 43.4. The molecule has 1 saturated carbocycles. The molecule has 3 aromatic heterocycles. The molecule has 1 aliphatic heterocycles. The van der Waals surface area contributed by atoms with Gasteiger partial charge in [-0.1, -0.05) is 11.3 Å². The average Bonchev–Trinajstić information content (AvgIpc) is 3.72. The molecule has 2 fully saturated rings. The molecule has 43 heavy (non-hydrogen) atoms. The highest BCUT2D eigenvalue weighted by Crippen LogP contribution is 2.36. The second kappa shape index (κ2) is 11.7. The number of hydrogen-bond acceptors (Lipinski definition) is 8. The van der Waals surface area contributed by atoms with Gasteiger partial charge in [-0.3, -0.25) is 14.2 Å². The number of carbonyl (C=O) groups excluding carboxylic acids is 1. The summed E-state index contributed by atoms with van der Waals surface area (Å²) in [5.74, 6) is -0.392. The Balaban J connectivity index is 1.55. The summed E-state index contributed by atoms with van der Waals surface area (Å²) in [6, 6.07) is 4.98. The Morgan fingerprint density at radius 2 is 1.93 bits per heavy atom. The second-order valence-electron chi connectivity index (χ2n) is 11.2. The number of methoxy groups -OCH3 is 1. The van der Waals surface area contributed by atoms with Crippen molar-refractivity contribution < 1.29 is 23.8 Å². The van der Waals surface area contributed by atoms with Crippen LogP contribution in [-0.4, -0.2) is 67.7 Å². The summed E-state index contributed by atoms with van der Waals surface area (Å²) in [7, 11) is 3.13. The van der Waals surface area contributed by atoms with Gasteiger partial charge >= 0.3 is 5.69 Å². The van der Waals surface area contributed by atoms with Gasteiger partial charge in [-0.15, -0.1) is 0 Å². The highest BCUT2D eigenvalue weighted by Gasteiger charge is 2.36. The van der Waals surface area contributed by atoms with Crippen LogP contribution in [0.4, 0.5) is 4.39 Å². The zero-order valence-corrected chi connectivity index (χ0v) is 25.1. The van der Waals surface area contributed by atoms with Gasteiger partial charge in [0.05, 0.1) is 31.2 Å². The number of likely N-dealkylation sites (N-methyl/N-ethyl adjacent to an activating group) is 1. The molecule has 1 amide bonds. The monoisotopic (exact) mass is 611 g/mol. The summed E-state index contributed by atoms with van der Waals surface area (Å²) in [5.41, 5.74) is -0.109. The van der Waals surface area contributed by atoms with Crippen LogP contribution in [0.5, 0.6) is 5.75 Å². The molecule has 0 spiro atoms. The smallest absolute Gasteiger partial charge is 0.332 e. The van der Waals surface area contributed by atoms with Crippen molar-refractivity contribution in [2.75, 3.05) is 20.7 Å². The van der Waals surface area contributed by atoms with Crippen LogP contribution >= 0.6 is 11.3 Å². The number of ether oxygens (including phenoxy) is 2. The minimum absolute atomic E-state index is 0.0657. The highest BCUT2D eigenvalue weighted by molar-refractivity contribution is 7.21. The van der Waals surface area contributed by atoms with Crippen molar-refractivity contribution in [2.24, 2.45) is 0 Å². The fourth-order valence-electron chi connectivity index (χ4n) is 6.19. The van der Waals surface area contributed by atoms with Crippen molar-refractivity contribution in [3.05, 3.63) is 74.4 Å². The van der Waals surface area contributed by atoms with Gasteiger partial charge in [0.15, 0.2) is 0 Å². The summed E-state index contributed by atoms with van der Waals surface area (Å²) >= 11 is 1.25. The van der Waals surface area contributed by atoms with Crippen LogP contribution in [0.15, 0.2) is 46.2 Å². The Labute approximate surface area is 250 Å². The summed E-state index contributed by atoms with van der Waals surface area (Å²) < 4.78 is 31.0. The van der Waals surface area contributed by atoms with E-state index >= 15 is 0 Å². The normalized spacial score (nSPS) is 21.6. The molecule has 1 N–H and O–H groups in total. The fraction of sp³-hybridized carbons (Fsp3) is 0.467. The third-order valence-electron chi connectivity index (χ3n) is 8.53. The SMILES string of the molecule is COc1ccc(F)cc1C(Cn1c(=O)n(C2CCN(C)C2=O)c(=O)c2c(C)c(-n3cccn3)sc21)OC1CCC(O)CC1. The van der Waals surface area contributed by atoms with Crippen molar-refractivity contribution in [2.45, 2.75) is 69.9 Å². The lowest BCUT2D eigenvalue weighted by atomic mass is 9.94. The first kappa shape index (κ1) is 29.3. The van der Waals surface area contributed by atoms with E-state index in [0.717, 1.165) is 4.57 Å². The van der Waals surface area contributed by atoms with Crippen LogP contribution in [0.25, 0.3) is 15.2 Å². The van der Waals surface area contributed by atoms with Crippen molar-refractivity contribution in [3.63, 3.8) is 0 Å². The predicted molar refractivity (Wildman–Crippen MR) is 159 cm³/mol. The number of amides is 1. The lowest BCUT2D eigenvalue weighted by molar-refractivity contribution is -0.129. The number of aryl methyl sites for hydroxylation is 1. The molecule has 6 rings (SSSR count). The molecule has 1 aliphatic carbocycles. The molecule has 2 aliphatic rings. The van der Waals surface area contributed by atoms with Gasteiger partial charge in [-0.05, 0) is 63.3 Å². The maximum Gasteiger partial charge on any atom is 0.332 e. The molecule has 2 atom stereocenters. The molecule has 228 valence electrons. The Morgan fingerprint density at radius 1 is 1.16 bits per heavy atom. The minimum Gasteiger partial charge on any atom is -0.496 e. The first-order valence-corrected chi connectivity index (χ1v) is 15.2. The van der Waals surface area contributed by atoms with Crippen LogP contribution in [0, 0.1) is 12.7 Å². The Kier molecular flexibility index (Phi) is 7.96. The number of aliphatic hydroxyl groups excluding tert-OH is 1. The van der Waals surface area contributed by atoms with E-state index in [1.165, 1.54) is 46.1 Å². The van der Waals surface area contributed by atoms with E-state index in [9.17, 15) is 23.9 Å². The minimum atomic E-state index is -0.934. The van der Waals surface area contributed by atoms with E-state index in [4.69, 9.17) is 9.47 Å². The van der Waals surface area contributed by atoms with Gasteiger partial charge in [0.1, 0.15) is 33.5 Å². The zero-order valence-electron chi connectivity index (χ0n) is 24.2. The summed E-state index contributed by atoms with van der Waals surface area (Å²) in [6.07, 6.45) is 4.58. The number of nitrogens with zero attached hydrogens (tertiary/aromatic N) is 5. The van der Waals surface area contributed by atoms with Crippen molar-refractivity contribution >= 4 is 27.5 Å². The van der Waals surface area contributed by atoms with E-state index < -0.39 is 35.3 Å². The number of fused-ring (bicyclic) bond motifs is 1. The molecule has 11 nitrogen and oxygen atoms in total. The van der Waals surface area contributed by atoms with Crippen LogP contribution in [0.1, 0.15) is 55.4 Å². The zero-order chi connectivity index (χ0) is 30.4. The van der Waals surface area contributed by atoms with E-state index in [-0.39, 0.29) is 18.6 Å². The van der Waals surface area contributed by atoms with Crippen molar-refractivity contribution in [1.29, 1.82) is 0 Å². The first-order valence-electron chi connectivity index (χ1n) is 14.4. The molecule has 0 bridgehead atoms. The number of carbonyl (C=O) groups is 1.